The molecule has 0 aliphatic carbocycles. The fraction of sp³-hybridized carbons (Fsp3) is 0. The van der Waals surface area contributed by atoms with E-state index in [2.05, 4.69) is 0 Å². The Morgan fingerprint density at radius 2 is 0.737 bits per heavy atom. The molecule has 0 atom stereocenters. The van der Waals surface area contributed by atoms with Gasteiger partial charge in [0.2, 0.25) is 0 Å². The topological polar surface area (TPSA) is 14.8 Å². The largest absolute Gasteiger partial charge is 0.309 e. The average molecular weight is 748 g/mol. The van der Waals surface area contributed by atoms with Crippen molar-refractivity contribution in [1.29, 1.82) is 0 Å². The van der Waals surface area contributed by atoms with Crippen molar-refractivity contribution < 1.29 is 30.2 Å². The Labute approximate surface area is 360 Å². The van der Waals surface area contributed by atoms with Crippen LogP contribution in [0.25, 0.3) is 105 Å². The fourth-order valence-electron chi connectivity index (χ4n) is 7.75. The monoisotopic (exact) mass is 747 g/mol. The van der Waals surface area contributed by atoms with Crippen LogP contribution < -0.4 is 0 Å². The summed E-state index contributed by atoms with van der Waals surface area (Å²) >= 11 is 0. The van der Waals surface area contributed by atoms with Gasteiger partial charge in [-0.25, -0.2) is 0 Å². The molecule has 0 aliphatic heterocycles. The molecule has 0 radical (unpaired) electrons. The maximum absolute atomic E-state index is 10.3. The van der Waals surface area contributed by atoms with Crippen molar-refractivity contribution >= 4 is 65.4 Å². The second-order valence-electron chi connectivity index (χ2n) is 13.3. The van der Waals surface area contributed by atoms with E-state index < -0.39 is 188 Å². The molecular formula is C54H35N3. The highest BCUT2D eigenvalue weighted by molar-refractivity contribution is 6.17. The van der Waals surface area contributed by atoms with Gasteiger partial charge in [0.25, 0.3) is 0 Å². The smallest absolute Gasteiger partial charge is 0.0667 e. The summed E-state index contributed by atoms with van der Waals surface area (Å²) in [7, 11) is 0. The molecule has 0 N–H and O–H groups in total. The molecule has 57 heavy (non-hydrogen) atoms. The van der Waals surface area contributed by atoms with E-state index in [0.29, 0.717) is 0 Å². The molecule has 0 spiro atoms. The van der Waals surface area contributed by atoms with Gasteiger partial charge in [0.15, 0.2) is 0 Å². The van der Waals surface area contributed by atoms with Gasteiger partial charge in [-0.2, -0.15) is 0 Å². The lowest BCUT2D eigenvalue weighted by Gasteiger charge is -2.13. The number of para-hydroxylation sites is 4. The molecule has 266 valence electrons. The van der Waals surface area contributed by atoms with Crippen molar-refractivity contribution in [1.82, 2.24) is 13.7 Å². The number of fused-ring (bicyclic) bond motifs is 9. The molecule has 0 saturated carbocycles. The van der Waals surface area contributed by atoms with Gasteiger partial charge in [0.05, 0.1) is 68.9 Å². The minimum Gasteiger partial charge on any atom is -0.309 e. The molecule has 3 heterocycles. The lowest BCUT2D eigenvalue weighted by atomic mass is 10.0. The third-order valence-electron chi connectivity index (χ3n) is 10.3. The first-order valence-corrected chi connectivity index (χ1v) is 17.8. The lowest BCUT2D eigenvalue weighted by Crippen LogP contribution is -1.98. The van der Waals surface area contributed by atoms with E-state index >= 15 is 0 Å². The third-order valence-corrected chi connectivity index (χ3v) is 10.3. The Kier molecular flexibility index (Phi) is 3.72. The SMILES string of the molecule is [2H]c1c([2H])c([2H])c2c(c1[2H])c1c([2H])c([2H])c(-n3c4c([2H])c([2H])c([2H])c([2H])c4c4c(-n5c6c([2H])c([2H])c([2H])c([2H])c6c6c([2H])c([2H])c([2H])c([2H])c65)c([2H])c([2H])c([2H])c43)c([2H])c1n2-c1ccc(-c2ccc(-c3ccccc3)cc2)cc1. The average Bonchev–Trinajstić information content (AvgIpc) is 4.33. The molecule has 0 fully saturated rings. The van der Waals surface area contributed by atoms with Gasteiger partial charge in [-0.05, 0) is 82.7 Å². The Morgan fingerprint density at radius 3 is 1.33 bits per heavy atom. The van der Waals surface area contributed by atoms with Crippen molar-refractivity contribution in [2.24, 2.45) is 0 Å². The number of aromatic nitrogens is 3. The van der Waals surface area contributed by atoms with Crippen molar-refractivity contribution in [3.05, 3.63) is 212 Å². The molecule has 12 aromatic rings. The van der Waals surface area contributed by atoms with Gasteiger partial charge < -0.3 is 13.7 Å². The standard InChI is InChI=1S/C54H35N3/c1-2-13-36(14-3-1)37-25-27-38(28-26-37)39-29-31-40(32-30-39)55-47-19-8-4-17-44(47)45-34-33-41(35-53(45)55)56-50-22-11-7-18-46(50)54-51(56)23-12-24-52(54)57-48-20-9-5-15-42(48)43-16-6-10-21-49(43)57/h1-35H/i4D,5D,6D,7D,8D,9D,10D,11D,12D,15D,16D,17D,18D,19D,20D,21D,22D,23D,24D,33D,34D,35D. The maximum Gasteiger partial charge on any atom is 0.0667 e. The summed E-state index contributed by atoms with van der Waals surface area (Å²) in [5.74, 6) is 0. The molecule has 0 saturated heterocycles. The first-order chi connectivity index (χ1) is 37.5. The van der Waals surface area contributed by atoms with Gasteiger partial charge in [-0.3, -0.25) is 0 Å². The van der Waals surface area contributed by atoms with Gasteiger partial charge in [0.1, 0.15) is 0 Å². The van der Waals surface area contributed by atoms with Crippen molar-refractivity contribution in [2.75, 3.05) is 0 Å². The van der Waals surface area contributed by atoms with E-state index in [9.17, 15) is 16.4 Å². The number of hydrogen-bond acceptors (Lipinski definition) is 0. The Balaban J connectivity index is 1.25. The first kappa shape index (κ1) is 17.0. The highest BCUT2D eigenvalue weighted by Gasteiger charge is 2.20. The minimum atomic E-state index is -0.934. The molecule has 12 rings (SSSR count). The quantitative estimate of drug-likeness (QED) is 0.167. The predicted molar refractivity (Wildman–Crippen MR) is 240 cm³/mol. The highest BCUT2D eigenvalue weighted by Crippen LogP contribution is 2.41. The van der Waals surface area contributed by atoms with Crippen molar-refractivity contribution in [3.8, 4) is 39.3 Å². The zero-order chi connectivity index (χ0) is 56.6. The molecule has 0 amide bonds. The van der Waals surface area contributed by atoms with E-state index in [-0.39, 0.29) is 27.5 Å². The van der Waals surface area contributed by atoms with Crippen LogP contribution in [0.3, 0.4) is 0 Å². The second-order valence-corrected chi connectivity index (χ2v) is 13.3. The molecule has 0 unspecified atom stereocenters. The summed E-state index contributed by atoms with van der Waals surface area (Å²) < 4.78 is 206. The van der Waals surface area contributed by atoms with E-state index in [4.69, 9.17) is 13.7 Å². The summed E-state index contributed by atoms with van der Waals surface area (Å²) in [6.07, 6.45) is 0. The van der Waals surface area contributed by atoms with Crippen LogP contribution in [0.2, 0.25) is 0 Å². The van der Waals surface area contributed by atoms with Crippen LogP contribution in [0.5, 0.6) is 0 Å². The van der Waals surface area contributed by atoms with Crippen LogP contribution in [0.4, 0.5) is 0 Å². The van der Waals surface area contributed by atoms with E-state index in [1.54, 1.807) is 24.3 Å². The third kappa shape index (κ3) is 4.79. The van der Waals surface area contributed by atoms with Gasteiger partial charge in [0, 0.05) is 43.7 Å². The van der Waals surface area contributed by atoms with E-state index in [0.717, 1.165) is 31.4 Å². The molecule has 0 aliphatic rings. The van der Waals surface area contributed by atoms with Crippen molar-refractivity contribution in [2.45, 2.75) is 0 Å². The van der Waals surface area contributed by atoms with Crippen LogP contribution in [0.1, 0.15) is 30.2 Å². The number of nitrogens with zero attached hydrogens (tertiary/aromatic N) is 3. The number of benzene rings is 9. The predicted octanol–water partition coefficient (Wildman–Crippen LogP) is 14.3. The summed E-state index contributed by atoms with van der Waals surface area (Å²) in [4.78, 5) is 0. The van der Waals surface area contributed by atoms with Gasteiger partial charge in [-0.15, -0.1) is 0 Å². The molecule has 3 heteroatoms. The van der Waals surface area contributed by atoms with Crippen LogP contribution in [-0.4, -0.2) is 13.7 Å². The molecule has 3 aromatic heterocycles. The van der Waals surface area contributed by atoms with Gasteiger partial charge >= 0.3 is 0 Å². The van der Waals surface area contributed by atoms with Crippen LogP contribution in [-0.2, 0) is 0 Å². The minimum absolute atomic E-state index is 0.181. The van der Waals surface area contributed by atoms with Crippen molar-refractivity contribution in [3.63, 3.8) is 0 Å². The summed E-state index contributed by atoms with van der Waals surface area (Å²) in [6.45, 7) is 0. The highest BCUT2D eigenvalue weighted by atomic mass is 15.0. The van der Waals surface area contributed by atoms with Crippen LogP contribution in [0, 0.1) is 0 Å². The normalized spacial score (nSPS) is 17.3. The lowest BCUT2D eigenvalue weighted by molar-refractivity contribution is 1.15. The molecule has 0 bridgehead atoms. The molecule has 3 nitrogen and oxygen atoms in total. The zero-order valence-corrected chi connectivity index (χ0v) is 29.3. The first-order valence-electron chi connectivity index (χ1n) is 28.8. The fourth-order valence-corrected chi connectivity index (χ4v) is 7.75. The summed E-state index contributed by atoms with van der Waals surface area (Å²) in [5.41, 5.74) is -0.106. The van der Waals surface area contributed by atoms with Gasteiger partial charge in [-0.1, -0.05) is 151 Å². The molecule has 9 aromatic carbocycles. The Bertz CT molecular complexity index is 4700. The Hall–Kier alpha value is -7.62. The maximum atomic E-state index is 10.3. The summed E-state index contributed by atoms with van der Waals surface area (Å²) in [5, 5.41) is -2.33. The zero-order valence-electron chi connectivity index (χ0n) is 51.3. The second kappa shape index (κ2) is 12.5. The van der Waals surface area contributed by atoms with Crippen LogP contribution in [0.15, 0.2) is 212 Å². The number of hydrogen-bond donors (Lipinski definition) is 0. The molecular weight excluding hydrogens is 691 g/mol. The summed E-state index contributed by atoms with van der Waals surface area (Å²) in [6, 6.07) is 7.25. The van der Waals surface area contributed by atoms with E-state index in [1.807, 2.05) is 54.6 Å². The Morgan fingerprint density at radius 1 is 0.298 bits per heavy atom. The van der Waals surface area contributed by atoms with E-state index in [1.165, 1.54) is 4.57 Å². The number of rotatable bonds is 5. The van der Waals surface area contributed by atoms with Crippen LogP contribution >= 0.6 is 0 Å².